The molecular weight excluding hydrogens is 348 g/mol. The second-order valence-electron chi connectivity index (χ2n) is 3.95. The van der Waals surface area contributed by atoms with E-state index in [1.165, 1.54) is 0 Å². The summed E-state index contributed by atoms with van der Waals surface area (Å²) < 4.78 is 2.07. The smallest absolute Gasteiger partial charge is 0.272 e. The van der Waals surface area contributed by atoms with E-state index < -0.39 is 0 Å². The van der Waals surface area contributed by atoms with Crippen LogP contribution in [0.1, 0.15) is 10.5 Å². The van der Waals surface area contributed by atoms with E-state index in [1.54, 1.807) is 23.5 Å². The summed E-state index contributed by atoms with van der Waals surface area (Å²) in [4.78, 5) is 15.2. The maximum absolute atomic E-state index is 12.1. The first kappa shape index (κ1) is 12.7. The molecule has 2 N–H and O–H groups in total. The minimum atomic E-state index is -0.201. The first-order valence-electron chi connectivity index (χ1n) is 5.47. The molecule has 0 aliphatic heterocycles. The molecule has 0 atom stereocenters. The van der Waals surface area contributed by atoms with Gasteiger partial charge in [-0.25, -0.2) is 0 Å². The Bertz CT molecular complexity index is 733. The van der Waals surface area contributed by atoms with Gasteiger partial charge in [-0.1, -0.05) is 23.7 Å². The van der Waals surface area contributed by atoms with Gasteiger partial charge in [0.15, 0.2) is 0 Å². The van der Waals surface area contributed by atoms with Crippen molar-refractivity contribution in [2.24, 2.45) is 0 Å². The highest BCUT2D eigenvalue weighted by Gasteiger charge is 2.12. The summed E-state index contributed by atoms with van der Waals surface area (Å²) in [5.41, 5.74) is 2.07. The van der Waals surface area contributed by atoms with Crippen molar-refractivity contribution in [3.05, 3.63) is 50.9 Å². The molecule has 2 aromatic heterocycles. The Morgan fingerprint density at radius 2 is 2.11 bits per heavy atom. The third-order valence-corrected chi connectivity index (χ3v) is 4.56. The molecule has 96 valence electrons. The fourth-order valence-corrected chi connectivity index (χ4v) is 3.48. The molecule has 0 aliphatic carbocycles. The van der Waals surface area contributed by atoms with Gasteiger partial charge >= 0.3 is 0 Å². The third-order valence-electron chi connectivity index (χ3n) is 2.64. The average molecular weight is 356 g/mol. The molecule has 0 aliphatic rings. The molecule has 2 heterocycles. The van der Waals surface area contributed by atoms with Crippen molar-refractivity contribution in [2.75, 3.05) is 5.32 Å². The van der Waals surface area contributed by atoms with Crippen LogP contribution in [0.25, 0.3) is 10.2 Å². The molecule has 0 saturated heterocycles. The number of thiophene rings is 1. The Labute approximate surface area is 126 Å². The van der Waals surface area contributed by atoms with Crippen molar-refractivity contribution in [1.82, 2.24) is 4.98 Å². The van der Waals surface area contributed by atoms with E-state index in [-0.39, 0.29) is 5.91 Å². The van der Waals surface area contributed by atoms with Gasteiger partial charge in [0.25, 0.3) is 5.91 Å². The van der Waals surface area contributed by atoms with E-state index in [1.807, 2.05) is 24.3 Å². The fourth-order valence-electron chi connectivity index (χ4n) is 1.77. The number of H-pyrrole nitrogens is 1. The third kappa shape index (κ3) is 2.54. The van der Waals surface area contributed by atoms with Crippen LogP contribution in [0.5, 0.6) is 0 Å². The molecule has 0 fully saturated rings. The van der Waals surface area contributed by atoms with Crippen LogP contribution in [-0.4, -0.2) is 10.9 Å². The fraction of sp³-hybridized carbons (Fsp3) is 0. The van der Waals surface area contributed by atoms with Crippen LogP contribution < -0.4 is 5.32 Å². The summed E-state index contributed by atoms with van der Waals surface area (Å²) in [5, 5.41) is 3.30. The summed E-state index contributed by atoms with van der Waals surface area (Å²) in [6.45, 7) is 0. The zero-order chi connectivity index (χ0) is 13.4. The molecule has 0 spiro atoms. The lowest BCUT2D eigenvalue weighted by Crippen LogP contribution is -2.12. The van der Waals surface area contributed by atoms with Gasteiger partial charge in [0.1, 0.15) is 5.69 Å². The van der Waals surface area contributed by atoms with Gasteiger partial charge in [0.2, 0.25) is 0 Å². The zero-order valence-electron chi connectivity index (χ0n) is 9.54. The normalized spacial score (nSPS) is 10.8. The minimum Gasteiger partial charge on any atom is -0.350 e. The standard InChI is InChI=1S/C13H8BrClN2OS/c14-12-6-9-11(19-12)5-10(16-9)13(18)17-8-4-2-1-3-7(8)15/h1-6,16H,(H,17,18). The second-order valence-corrected chi connectivity index (χ2v) is 6.82. The number of anilines is 1. The number of fused-ring (bicyclic) bond motifs is 1. The lowest BCUT2D eigenvalue weighted by molar-refractivity contribution is 0.102. The van der Waals surface area contributed by atoms with E-state index in [0.29, 0.717) is 16.4 Å². The van der Waals surface area contributed by atoms with Crippen LogP contribution in [0.4, 0.5) is 5.69 Å². The summed E-state index contributed by atoms with van der Waals surface area (Å²) in [7, 11) is 0. The van der Waals surface area contributed by atoms with Gasteiger partial charge in [-0.05, 0) is 40.2 Å². The van der Waals surface area contributed by atoms with E-state index >= 15 is 0 Å². The number of aromatic amines is 1. The Morgan fingerprint density at radius 3 is 2.84 bits per heavy atom. The van der Waals surface area contributed by atoms with Crippen molar-refractivity contribution in [1.29, 1.82) is 0 Å². The minimum absolute atomic E-state index is 0.201. The van der Waals surface area contributed by atoms with Crippen LogP contribution >= 0.6 is 38.9 Å². The number of amides is 1. The lowest BCUT2D eigenvalue weighted by atomic mass is 10.3. The number of para-hydroxylation sites is 1. The zero-order valence-corrected chi connectivity index (χ0v) is 12.7. The Kier molecular flexibility index (Phi) is 3.35. The predicted octanol–water partition coefficient (Wildman–Crippen LogP) is 4.90. The number of nitrogens with one attached hydrogen (secondary N) is 2. The molecule has 6 heteroatoms. The molecule has 3 rings (SSSR count). The highest BCUT2D eigenvalue weighted by atomic mass is 79.9. The molecule has 0 saturated carbocycles. The molecule has 3 aromatic rings. The van der Waals surface area contributed by atoms with Gasteiger partial charge in [-0.3, -0.25) is 4.79 Å². The number of hydrogen-bond donors (Lipinski definition) is 2. The monoisotopic (exact) mass is 354 g/mol. The SMILES string of the molecule is O=C(Nc1ccccc1Cl)c1cc2sc(Br)cc2[nH]1. The summed E-state index contributed by atoms with van der Waals surface area (Å²) in [6.07, 6.45) is 0. The number of aromatic nitrogens is 1. The topological polar surface area (TPSA) is 44.9 Å². The van der Waals surface area contributed by atoms with Gasteiger partial charge < -0.3 is 10.3 Å². The Hall–Kier alpha value is -1.30. The van der Waals surface area contributed by atoms with Crippen molar-refractivity contribution in [3.63, 3.8) is 0 Å². The van der Waals surface area contributed by atoms with Gasteiger partial charge in [0, 0.05) is 0 Å². The quantitative estimate of drug-likeness (QED) is 0.675. The molecule has 3 nitrogen and oxygen atoms in total. The van der Waals surface area contributed by atoms with Crippen molar-refractivity contribution in [2.45, 2.75) is 0 Å². The number of carbonyl (C=O) groups excluding carboxylic acids is 1. The maximum Gasteiger partial charge on any atom is 0.272 e. The summed E-state index contributed by atoms with van der Waals surface area (Å²) >= 11 is 11.0. The molecule has 0 bridgehead atoms. The van der Waals surface area contributed by atoms with Crippen molar-refractivity contribution < 1.29 is 4.79 Å². The van der Waals surface area contributed by atoms with Gasteiger partial charge in [0.05, 0.1) is 24.7 Å². The number of rotatable bonds is 2. The number of carbonyl (C=O) groups is 1. The Balaban J connectivity index is 1.87. The molecule has 0 unspecified atom stereocenters. The van der Waals surface area contributed by atoms with E-state index in [4.69, 9.17) is 11.6 Å². The summed E-state index contributed by atoms with van der Waals surface area (Å²) in [5.74, 6) is -0.201. The predicted molar refractivity (Wildman–Crippen MR) is 83.3 cm³/mol. The van der Waals surface area contributed by atoms with Crippen LogP contribution in [0, 0.1) is 0 Å². The number of hydrogen-bond acceptors (Lipinski definition) is 2. The van der Waals surface area contributed by atoms with Crippen LogP contribution in [-0.2, 0) is 0 Å². The van der Waals surface area contributed by atoms with Crippen LogP contribution in [0.2, 0.25) is 5.02 Å². The van der Waals surface area contributed by atoms with Gasteiger partial charge in [-0.15, -0.1) is 11.3 Å². The molecule has 0 radical (unpaired) electrons. The Morgan fingerprint density at radius 1 is 1.32 bits per heavy atom. The molecule has 1 amide bonds. The number of benzene rings is 1. The molecular formula is C13H8BrClN2OS. The highest BCUT2D eigenvalue weighted by molar-refractivity contribution is 9.11. The highest BCUT2D eigenvalue weighted by Crippen LogP contribution is 2.30. The lowest BCUT2D eigenvalue weighted by Gasteiger charge is -2.05. The van der Waals surface area contributed by atoms with E-state index in [2.05, 4.69) is 26.2 Å². The van der Waals surface area contributed by atoms with Crippen LogP contribution in [0.15, 0.2) is 40.2 Å². The van der Waals surface area contributed by atoms with Crippen molar-refractivity contribution >= 4 is 60.7 Å². The molecule has 1 aromatic carbocycles. The van der Waals surface area contributed by atoms with E-state index in [9.17, 15) is 4.79 Å². The average Bonchev–Trinajstić information content (AvgIpc) is 2.89. The first-order valence-corrected chi connectivity index (χ1v) is 7.46. The van der Waals surface area contributed by atoms with Crippen LogP contribution in [0.3, 0.4) is 0 Å². The molecule has 19 heavy (non-hydrogen) atoms. The maximum atomic E-state index is 12.1. The first-order chi connectivity index (χ1) is 9.13. The largest absolute Gasteiger partial charge is 0.350 e. The van der Waals surface area contributed by atoms with Crippen molar-refractivity contribution in [3.8, 4) is 0 Å². The number of halogens is 2. The van der Waals surface area contributed by atoms with Gasteiger partial charge in [-0.2, -0.15) is 0 Å². The van der Waals surface area contributed by atoms with E-state index in [0.717, 1.165) is 14.0 Å². The second kappa shape index (κ2) is 5.00. The summed E-state index contributed by atoms with van der Waals surface area (Å²) in [6, 6.07) is 10.9.